The van der Waals surface area contributed by atoms with Crippen LogP contribution in [0.3, 0.4) is 0 Å². The zero-order chi connectivity index (χ0) is 27.6. The van der Waals surface area contributed by atoms with Crippen molar-refractivity contribution in [2.45, 2.75) is 18.9 Å². The van der Waals surface area contributed by atoms with Gasteiger partial charge >= 0.3 is 0 Å². The molecule has 1 aliphatic heterocycles. The summed E-state index contributed by atoms with van der Waals surface area (Å²) in [6, 6.07) is 19.9. The monoisotopic (exact) mass is 575 g/mol. The number of fused-ring (bicyclic) bond motifs is 1. The zero-order valence-corrected chi connectivity index (χ0v) is 23.4. The van der Waals surface area contributed by atoms with E-state index in [4.69, 9.17) is 4.74 Å². The molecule has 41 heavy (non-hydrogen) atoms. The van der Waals surface area contributed by atoms with E-state index in [1.54, 1.807) is 18.3 Å². The molecule has 1 aliphatic carbocycles. The number of aromatic nitrogens is 1. The summed E-state index contributed by atoms with van der Waals surface area (Å²) >= 11 is 0. The van der Waals surface area contributed by atoms with Gasteiger partial charge < -0.3 is 19.1 Å². The van der Waals surface area contributed by atoms with Crippen molar-refractivity contribution in [2.75, 3.05) is 38.1 Å². The summed E-state index contributed by atoms with van der Waals surface area (Å²) in [5.41, 5.74) is 3.74. The number of hydrogen-bond donors (Lipinski definition) is 1. The van der Waals surface area contributed by atoms with Gasteiger partial charge in [-0.1, -0.05) is 30.3 Å². The highest BCUT2D eigenvalue weighted by atomic mass is 35.5. The van der Waals surface area contributed by atoms with E-state index in [-0.39, 0.29) is 29.4 Å². The van der Waals surface area contributed by atoms with E-state index in [2.05, 4.69) is 15.4 Å². The first-order valence-electron chi connectivity index (χ1n) is 13.4. The van der Waals surface area contributed by atoms with Crippen LogP contribution in [-0.2, 0) is 0 Å². The van der Waals surface area contributed by atoms with Crippen LogP contribution in [0, 0.1) is 5.82 Å². The predicted molar refractivity (Wildman–Crippen MR) is 161 cm³/mol. The number of halogens is 2. The SMILES string of the molecule is CN1CCN(c2cc3c(cc2F)c(=O)c(C(=O)N/N=C\c2cccc(Oc4ccccc4)c2)cn3C2CC2)CC1.Cl. The second-order valence-electron chi connectivity index (χ2n) is 10.3. The van der Waals surface area contributed by atoms with E-state index >= 15 is 4.39 Å². The lowest BCUT2D eigenvalue weighted by Crippen LogP contribution is -2.44. The van der Waals surface area contributed by atoms with Crippen molar-refractivity contribution in [1.29, 1.82) is 0 Å². The van der Waals surface area contributed by atoms with E-state index < -0.39 is 17.2 Å². The highest BCUT2D eigenvalue weighted by molar-refractivity contribution is 5.98. The molecule has 212 valence electrons. The van der Waals surface area contributed by atoms with E-state index in [1.807, 2.05) is 65.0 Å². The van der Waals surface area contributed by atoms with Crippen LogP contribution in [0.25, 0.3) is 10.9 Å². The van der Waals surface area contributed by atoms with Gasteiger partial charge in [0.05, 0.1) is 17.4 Å². The van der Waals surface area contributed by atoms with Gasteiger partial charge in [0, 0.05) is 43.8 Å². The van der Waals surface area contributed by atoms with Gasteiger partial charge in [0.2, 0.25) is 5.43 Å². The summed E-state index contributed by atoms with van der Waals surface area (Å²) in [6.45, 7) is 3.12. The Balaban J connectivity index is 0.00000337. The number of hydrogen-bond acceptors (Lipinski definition) is 6. The first kappa shape index (κ1) is 28.3. The number of anilines is 1. The molecule has 0 spiro atoms. The van der Waals surface area contributed by atoms with Crippen molar-refractivity contribution in [2.24, 2.45) is 5.10 Å². The third-order valence-corrected chi connectivity index (χ3v) is 7.35. The molecule has 1 amide bonds. The van der Waals surface area contributed by atoms with Crippen molar-refractivity contribution in [3.63, 3.8) is 0 Å². The topological polar surface area (TPSA) is 79.2 Å². The first-order valence-corrected chi connectivity index (χ1v) is 13.4. The van der Waals surface area contributed by atoms with Gasteiger partial charge in [-0.05, 0) is 61.9 Å². The van der Waals surface area contributed by atoms with Crippen LogP contribution in [0.15, 0.2) is 82.8 Å². The van der Waals surface area contributed by atoms with Crippen molar-refractivity contribution in [3.05, 3.63) is 100 Å². The predicted octanol–water partition coefficient (Wildman–Crippen LogP) is 5.21. The van der Waals surface area contributed by atoms with Crippen molar-refractivity contribution >= 4 is 41.1 Å². The molecule has 2 fully saturated rings. The summed E-state index contributed by atoms with van der Waals surface area (Å²) in [4.78, 5) is 30.7. The number of para-hydroxylation sites is 1. The molecule has 1 N–H and O–H groups in total. The standard InChI is InChI=1S/C31H30FN5O3.ClH/c1-35-12-14-36(15-13-35)29-18-28-25(17-27(29)32)30(38)26(20-37(28)22-10-11-22)31(39)34-33-19-21-6-5-9-24(16-21)40-23-7-3-2-4-8-23;/h2-9,16-20,22H,10-15H2,1H3,(H,34,39);1H/b33-19-;. The van der Waals surface area contributed by atoms with Crippen LogP contribution in [0.1, 0.15) is 34.8 Å². The number of likely N-dealkylation sites (N-methyl/N-ethyl adjacent to an activating group) is 1. The van der Waals surface area contributed by atoms with Crippen LogP contribution in [0.4, 0.5) is 10.1 Å². The fraction of sp³-hybridized carbons (Fsp3) is 0.258. The second kappa shape index (κ2) is 12.1. The Morgan fingerprint density at radius 1 is 1.00 bits per heavy atom. The van der Waals surface area contributed by atoms with Gasteiger partial charge in [-0.2, -0.15) is 5.10 Å². The van der Waals surface area contributed by atoms with Gasteiger partial charge in [0.25, 0.3) is 5.91 Å². The molecule has 1 saturated carbocycles. The average Bonchev–Trinajstić information content (AvgIpc) is 3.80. The quantitative estimate of drug-likeness (QED) is 0.242. The minimum atomic E-state index is -0.641. The number of piperazine rings is 1. The molecule has 0 unspecified atom stereocenters. The van der Waals surface area contributed by atoms with E-state index in [9.17, 15) is 9.59 Å². The highest BCUT2D eigenvalue weighted by Gasteiger charge is 2.28. The Hall–Kier alpha value is -4.21. The highest BCUT2D eigenvalue weighted by Crippen LogP contribution is 2.38. The molecule has 1 saturated heterocycles. The molecule has 10 heteroatoms. The lowest BCUT2D eigenvalue weighted by atomic mass is 10.1. The van der Waals surface area contributed by atoms with Crippen LogP contribution < -0.4 is 20.5 Å². The normalized spacial score (nSPS) is 15.6. The van der Waals surface area contributed by atoms with Gasteiger partial charge in [0.1, 0.15) is 22.9 Å². The Labute approximate surface area is 243 Å². The van der Waals surface area contributed by atoms with Crippen LogP contribution in [0.2, 0.25) is 0 Å². The molecular formula is C31H31ClFN5O3. The first-order chi connectivity index (χ1) is 19.5. The van der Waals surface area contributed by atoms with Crippen molar-refractivity contribution < 1.29 is 13.9 Å². The van der Waals surface area contributed by atoms with Crippen LogP contribution >= 0.6 is 12.4 Å². The minimum Gasteiger partial charge on any atom is -0.457 e. The summed E-state index contributed by atoms with van der Waals surface area (Å²) < 4.78 is 23.1. The lowest BCUT2D eigenvalue weighted by Gasteiger charge is -2.34. The summed E-state index contributed by atoms with van der Waals surface area (Å²) in [7, 11) is 2.05. The molecule has 2 heterocycles. The number of rotatable bonds is 7. The zero-order valence-electron chi connectivity index (χ0n) is 22.6. The third-order valence-electron chi connectivity index (χ3n) is 7.35. The second-order valence-corrected chi connectivity index (χ2v) is 10.3. The average molecular weight is 576 g/mol. The lowest BCUT2D eigenvalue weighted by molar-refractivity contribution is 0.0953. The molecule has 0 atom stereocenters. The smallest absolute Gasteiger partial charge is 0.276 e. The number of carbonyl (C=O) groups excluding carboxylic acids is 1. The van der Waals surface area contributed by atoms with Gasteiger partial charge in [-0.15, -0.1) is 12.4 Å². The largest absolute Gasteiger partial charge is 0.457 e. The Kier molecular flexibility index (Phi) is 8.37. The summed E-state index contributed by atoms with van der Waals surface area (Å²) in [5.74, 6) is 0.240. The fourth-order valence-electron chi connectivity index (χ4n) is 4.97. The number of hydrazone groups is 1. The Morgan fingerprint density at radius 2 is 1.73 bits per heavy atom. The number of benzene rings is 3. The van der Waals surface area contributed by atoms with Gasteiger partial charge in [0.15, 0.2) is 0 Å². The maximum atomic E-state index is 15.3. The number of amides is 1. The van der Waals surface area contributed by atoms with Crippen molar-refractivity contribution in [1.82, 2.24) is 14.9 Å². The maximum Gasteiger partial charge on any atom is 0.276 e. The van der Waals surface area contributed by atoms with Crippen LogP contribution in [-0.4, -0.2) is 54.8 Å². The fourth-order valence-corrected chi connectivity index (χ4v) is 4.97. The van der Waals surface area contributed by atoms with E-state index in [0.717, 1.165) is 25.9 Å². The van der Waals surface area contributed by atoms with Crippen LogP contribution in [0.5, 0.6) is 11.5 Å². The number of ether oxygens (including phenoxy) is 1. The van der Waals surface area contributed by atoms with Crippen molar-refractivity contribution in [3.8, 4) is 11.5 Å². The molecule has 0 bridgehead atoms. The van der Waals surface area contributed by atoms with Gasteiger partial charge in [-0.25, -0.2) is 9.82 Å². The molecular weight excluding hydrogens is 545 g/mol. The number of carbonyl (C=O) groups is 1. The van der Waals surface area contributed by atoms with E-state index in [0.29, 0.717) is 41.4 Å². The number of pyridine rings is 1. The molecule has 1 aromatic heterocycles. The molecule has 0 radical (unpaired) electrons. The maximum absolute atomic E-state index is 15.3. The summed E-state index contributed by atoms with van der Waals surface area (Å²) in [5, 5.41) is 4.26. The third kappa shape index (κ3) is 6.26. The molecule has 6 rings (SSSR count). The summed E-state index contributed by atoms with van der Waals surface area (Å²) in [6.07, 6.45) is 4.96. The molecule has 4 aromatic rings. The Bertz CT molecular complexity index is 1650. The molecule has 3 aromatic carbocycles. The van der Waals surface area contributed by atoms with E-state index in [1.165, 1.54) is 12.3 Å². The Morgan fingerprint density at radius 3 is 2.46 bits per heavy atom. The van der Waals surface area contributed by atoms with Gasteiger partial charge in [-0.3, -0.25) is 9.59 Å². The minimum absolute atomic E-state index is 0. The number of nitrogens with one attached hydrogen (secondary N) is 1. The molecule has 2 aliphatic rings. The number of nitrogens with zero attached hydrogens (tertiary/aromatic N) is 4. The molecule has 8 nitrogen and oxygen atoms in total.